The highest BCUT2D eigenvalue weighted by Gasteiger charge is 2.09. The molecule has 0 unspecified atom stereocenters. The first-order valence-corrected chi connectivity index (χ1v) is 14.9. The zero-order chi connectivity index (χ0) is 31.8. The number of carbonyl (C=O) groups excluding carboxylic acids is 1. The summed E-state index contributed by atoms with van der Waals surface area (Å²) in [7, 11) is 0. The van der Waals surface area contributed by atoms with Gasteiger partial charge in [-0.05, 0) is 65.4 Å². The Morgan fingerprint density at radius 1 is 0.644 bits per heavy atom. The summed E-state index contributed by atoms with van der Waals surface area (Å²) in [6.07, 6.45) is 3.88. The van der Waals surface area contributed by atoms with Gasteiger partial charge in [0.25, 0.3) is 0 Å². The van der Waals surface area contributed by atoms with Gasteiger partial charge in [-0.15, -0.1) is 0 Å². The van der Waals surface area contributed by atoms with Gasteiger partial charge in [0.2, 0.25) is 0 Å². The van der Waals surface area contributed by atoms with Crippen LogP contribution in [0.25, 0.3) is 21.8 Å². The molecule has 2 aromatic heterocycles. The molecule has 0 bridgehead atoms. The van der Waals surface area contributed by atoms with Crippen LogP contribution in [0.15, 0.2) is 109 Å². The Bertz CT molecular complexity index is 1950. The predicted molar refractivity (Wildman–Crippen MR) is 176 cm³/mol. The second kappa shape index (κ2) is 14.8. The van der Waals surface area contributed by atoms with E-state index in [9.17, 15) is 9.59 Å². The number of halogens is 2. The Morgan fingerprint density at radius 2 is 1.11 bits per heavy atom. The number of ketones is 1. The fraction of sp³-hybridized carbons (Fsp3) is 0.143. The van der Waals surface area contributed by atoms with Crippen LogP contribution in [0.3, 0.4) is 0 Å². The zero-order valence-corrected chi connectivity index (χ0v) is 25.6. The summed E-state index contributed by atoms with van der Waals surface area (Å²) in [6.45, 7) is 1.67. The summed E-state index contributed by atoms with van der Waals surface area (Å²) < 4.78 is 15.4. The number of aromatic carboxylic acids is 1. The monoisotopic (exact) mass is 644 g/mol. The predicted octanol–water partition coefficient (Wildman–Crippen LogP) is 7.62. The molecule has 8 nitrogen and oxygen atoms in total. The van der Waals surface area contributed by atoms with Crippen LogP contribution in [-0.4, -0.2) is 50.9 Å². The molecule has 0 fully saturated rings. The SMILES string of the molecule is O=C(CO)c1ccc2ccn(CCOc3ccccc3Cl)c2c1.O=C(O)c1ccc2ccn(CCOc3ccccc3Cl)c2c1. The molecule has 2 N–H and O–H groups in total. The van der Waals surface area contributed by atoms with Crippen molar-refractivity contribution in [3.63, 3.8) is 0 Å². The summed E-state index contributed by atoms with van der Waals surface area (Å²) in [5, 5.41) is 21.3. The van der Waals surface area contributed by atoms with E-state index in [1.54, 1.807) is 36.4 Å². The van der Waals surface area contributed by atoms with Crippen molar-refractivity contribution < 1.29 is 29.3 Å². The molecular weight excluding hydrogens is 615 g/mol. The van der Waals surface area contributed by atoms with Gasteiger partial charge in [-0.1, -0.05) is 65.7 Å². The molecule has 0 aliphatic rings. The lowest BCUT2D eigenvalue weighted by atomic mass is 10.1. The summed E-state index contributed by atoms with van der Waals surface area (Å²) in [5.41, 5.74) is 2.60. The Kier molecular flexibility index (Phi) is 10.4. The van der Waals surface area contributed by atoms with Crippen LogP contribution < -0.4 is 9.47 Å². The molecule has 6 rings (SSSR count). The van der Waals surface area contributed by atoms with Crippen molar-refractivity contribution in [2.24, 2.45) is 0 Å². The van der Waals surface area contributed by atoms with Crippen LogP contribution in [0.4, 0.5) is 0 Å². The van der Waals surface area contributed by atoms with Crippen LogP contribution in [0, 0.1) is 0 Å². The fourth-order valence-electron chi connectivity index (χ4n) is 4.79. The van der Waals surface area contributed by atoms with E-state index < -0.39 is 12.6 Å². The lowest BCUT2D eigenvalue weighted by Crippen LogP contribution is -2.08. The second-order valence-corrected chi connectivity index (χ2v) is 10.8. The maximum atomic E-state index is 11.6. The normalized spacial score (nSPS) is 10.8. The van der Waals surface area contributed by atoms with E-state index in [0.717, 1.165) is 21.8 Å². The van der Waals surface area contributed by atoms with Gasteiger partial charge in [-0.3, -0.25) is 4.79 Å². The van der Waals surface area contributed by atoms with E-state index in [4.69, 9.17) is 42.9 Å². The minimum Gasteiger partial charge on any atom is -0.490 e. The first-order valence-electron chi connectivity index (χ1n) is 14.1. The number of fused-ring (bicyclic) bond motifs is 2. The molecule has 6 aromatic rings. The number of para-hydroxylation sites is 2. The molecule has 0 radical (unpaired) electrons. The number of nitrogens with zero attached hydrogens (tertiary/aromatic N) is 2. The molecule has 0 saturated heterocycles. The van der Waals surface area contributed by atoms with Gasteiger partial charge >= 0.3 is 5.97 Å². The third kappa shape index (κ3) is 7.85. The lowest BCUT2D eigenvalue weighted by Gasteiger charge is -2.10. The highest BCUT2D eigenvalue weighted by atomic mass is 35.5. The number of rotatable bonds is 11. The molecule has 0 aliphatic heterocycles. The van der Waals surface area contributed by atoms with Crippen molar-refractivity contribution in [3.05, 3.63) is 131 Å². The molecule has 0 saturated carbocycles. The molecule has 230 valence electrons. The third-order valence-corrected chi connectivity index (χ3v) is 7.74. The Morgan fingerprint density at radius 3 is 1.58 bits per heavy atom. The minimum atomic E-state index is -0.929. The first kappa shape index (κ1) is 31.7. The van der Waals surface area contributed by atoms with E-state index in [1.165, 1.54) is 0 Å². The van der Waals surface area contributed by atoms with E-state index in [-0.39, 0.29) is 11.3 Å². The van der Waals surface area contributed by atoms with Crippen LogP contribution in [-0.2, 0) is 13.1 Å². The van der Waals surface area contributed by atoms with Gasteiger partial charge in [0.15, 0.2) is 5.78 Å². The van der Waals surface area contributed by atoms with Crippen LogP contribution >= 0.6 is 23.2 Å². The lowest BCUT2D eigenvalue weighted by molar-refractivity contribution is 0.0696. The van der Waals surface area contributed by atoms with Crippen molar-refractivity contribution in [3.8, 4) is 11.5 Å². The topological polar surface area (TPSA) is 103 Å². The summed E-state index contributed by atoms with van der Waals surface area (Å²) in [6, 6.07) is 29.1. The second-order valence-electron chi connectivity index (χ2n) is 10.0. The Labute approximate surface area is 269 Å². The number of aromatic nitrogens is 2. The maximum Gasteiger partial charge on any atom is 0.335 e. The summed E-state index contributed by atoms with van der Waals surface area (Å²) >= 11 is 12.1. The fourth-order valence-corrected chi connectivity index (χ4v) is 5.17. The first-order chi connectivity index (χ1) is 21.8. The van der Waals surface area contributed by atoms with Gasteiger partial charge in [0, 0.05) is 29.0 Å². The number of aliphatic hydroxyl groups excluding tert-OH is 1. The maximum absolute atomic E-state index is 11.6. The number of Topliss-reactive ketones (excluding diaryl/α,β-unsaturated/α-hetero) is 1. The van der Waals surface area contributed by atoms with E-state index in [0.29, 0.717) is 53.4 Å². The highest BCUT2D eigenvalue weighted by molar-refractivity contribution is 6.32. The molecule has 0 spiro atoms. The average molecular weight is 646 g/mol. The van der Waals surface area contributed by atoms with Gasteiger partial charge in [0.05, 0.1) is 28.7 Å². The summed E-state index contributed by atoms with van der Waals surface area (Å²) in [4.78, 5) is 22.7. The van der Waals surface area contributed by atoms with Crippen LogP contribution in [0.1, 0.15) is 20.7 Å². The van der Waals surface area contributed by atoms with E-state index >= 15 is 0 Å². The number of ether oxygens (including phenoxy) is 2. The van der Waals surface area contributed by atoms with Gasteiger partial charge in [0.1, 0.15) is 31.3 Å². The number of carboxylic acid groups (broad SMARTS) is 1. The third-order valence-electron chi connectivity index (χ3n) is 7.11. The standard InChI is InChI=1S/C18H16ClNO3.C17H14ClNO3/c19-15-3-1-2-4-18(15)23-10-9-20-8-7-13-5-6-14(11-16(13)20)17(22)12-21;18-14-3-1-2-4-16(14)22-10-9-19-8-7-12-5-6-13(17(20)21)11-15(12)19/h1-8,11,21H,9-10,12H2;1-8,11H,9-10H2,(H,20,21). The molecule has 2 heterocycles. The Hall–Kier alpha value is -4.76. The van der Waals surface area contributed by atoms with Crippen molar-refractivity contribution in [2.45, 2.75) is 13.1 Å². The highest BCUT2D eigenvalue weighted by Crippen LogP contribution is 2.25. The molecule has 0 atom stereocenters. The van der Waals surface area contributed by atoms with Gasteiger partial charge < -0.3 is 28.8 Å². The van der Waals surface area contributed by atoms with Crippen LogP contribution in [0.2, 0.25) is 10.0 Å². The van der Waals surface area contributed by atoms with Crippen molar-refractivity contribution in [1.82, 2.24) is 9.13 Å². The molecule has 0 amide bonds. The molecular formula is C35H30Cl2N2O6. The zero-order valence-electron chi connectivity index (χ0n) is 24.1. The number of carboxylic acids is 1. The summed E-state index contributed by atoms with van der Waals surface area (Å²) in [5.74, 6) is 0.0857. The number of hydrogen-bond acceptors (Lipinski definition) is 5. The smallest absolute Gasteiger partial charge is 0.335 e. The van der Waals surface area contributed by atoms with Gasteiger partial charge in [-0.2, -0.15) is 0 Å². The molecule has 45 heavy (non-hydrogen) atoms. The van der Waals surface area contributed by atoms with Gasteiger partial charge in [-0.25, -0.2) is 4.79 Å². The van der Waals surface area contributed by atoms with E-state index in [1.807, 2.05) is 82.2 Å². The van der Waals surface area contributed by atoms with Crippen molar-refractivity contribution in [2.75, 3.05) is 19.8 Å². The molecule has 0 aliphatic carbocycles. The molecule has 4 aromatic carbocycles. The van der Waals surface area contributed by atoms with E-state index in [2.05, 4.69) is 0 Å². The Balaban J connectivity index is 0.000000178. The van der Waals surface area contributed by atoms with Crippen molar-refractivity contribution >= 4 is 56.8 Å². The largest absolute Gasteiger partial charge is 0.490 e. The van der Waals surface area contributed by atoms with Crippen molar-refractivity contribution in [1.29, 1.82) is 0 Å². The minimum absolute atomic E-state index is 0.277. The average Bonchev–Trinajstić information content (AvgIpc) is 3.66. The van der Waals surface area contributed by atoms with Crippen LogP contribution in [0.5, 0.6) is 11.5 Å². The number of benzene rings is 4. The molecule has 10 heteroatoms. The number of hydrogen-bond donors (Lipinski definition) is 2. The number of aliphatic hydroxyl groups is 1. The quantitative estimate of drug-likeness (QED) is 0.141. The number of carbonyl (C=O) groups is 2.